The molecular formula is C36H45N4O10P. The molecule has 1 aromatic heterocycles. The summed E-state index contributed by atoms with van der Waals surface area (Å²) in [5.74, 6) is 4.75. The maximum Gasteiger partial charge on any atom is 0.459 e. The number of aromatic nitrogens is 2. The van der Waals surface area contributed by atoms with E-state index in [1.54, 1.807) is 42.5 Å². The molecule has 1 saturated heterocycles. The first-order chi connectivity index (χ1) is 24.6. The lowest BCUT2D eigenvalue weighted by molar-refractivity contribution is -0.146. The monoisotopic (exact) mass is 724 g/mol. The van der Waals surface area contributed by atoms with Crippen molar-refractivity contribution in [2.45, 2.75) is 89.9 Å². The predicted octanol–water partition coefficient (Wildman–Crippen LogP) is 3.94. The molecule has 51 heavy (non-hydrogen) atoms. The number of hydrogen-bond donors (Lipinski definition) is 4. The van der Waals surface area contributed by atoms with E-state index >= 15 is 0 Å². The number of ether oxygens (including phenoxy) is 2. The van der Waals surface area contributed by atoms with E-state index in [9.17, 15) is 28.8 Å². The maximum atomic E-state index is 13.9. The Hall–Kier alpha value is -4.51. The van der Waals surface area contributed by atoms with Gasteiger partial charge in [0.05, 0.1) is 19.3 Å². The van der Waals surface area contributed by atoms with Crippen LogP contribution in [0, 0.1) is 11.8 Å². The second-order valence-corrected chi connectivity index (χ2v) is 13.7. The zero-order chi connectivity index (χ0) is 36.6. The lowest BCUT2D eigenvalue weighted by Gasteiger charge is -2.24. The molecule has 1 aliphatic rings. The molecule has 0 bridgehead atoms. The number of para-hydroxylation sites is 1. The molecule has 4 N–H and O–H groups in total. The minimum Gasteiger partial charge on any atom is -0.460 e. The van der Waals surface area contributed by atoms with Crippen LogP contribution in [0.5, 0.6) is 5.75 Å². The van der Waals surface area contributed by atoms with Crippen molar-refractivity contribution in [3.63, 3.8) is 0 Å². The van der Waals surface area contributed by atoms with E-state index in [0.29, 0.717) is 6.42 Å². The zero-order valence-corrected chi connectivity index (χ0v) is 29.6. The molecule has 0 radical (unpaired) electrons. The van der Waals surface area contributed by atoms with Crippen LogP contribution in [0.2, 0.25) is 0 Å². The molecule has 1 aliphatic heterocycles. The highest BCUT2D eigenvalue weighted by Gasteiger charge is 2.39. The number of aliphatic hydroxyl groups is 1. The first kappa shape index (κ1) is 39.3. The zero-order valence-electron chi connectivity index (χ0n) is 28.7. The minimum absolute atomic E-state index is 0.00707. The van der Waals surface area contributed by atoms with Crippen LogP contribution < -0.4 is 26.2 Å². The van der Waals surface area contributed by atoms with Crippen LogP contribution >= 0.6 is 7.75 Å². The summed E-state index contributed by atoms with van der Waals surface area (Å²) in [5.41, 5.74) is -0.776. The standard InChI is InChI=1S/C36H45N4O10P/c1-3-4-5-6-13-20-32(42)37-21-14-17-28-23-40(36(45)38-34(28)43)33-22-30(41)31(49-33)25-48-51(46,50-29-18-11-8-12-19-29)39-26(2)35(44)47-24-27-15-9-7-10-16-27/h7-12,15-16,18-19,23,26,30-31,33,41H,3-6,13,20-22,24-25H2,1-2H3,(H,37,42)(H,39,46)(H,38,43,45)/t26-,30-,31+,33+,51?/m0/s1. The molecule has 2 heterocycles. The van der Waals surface area contributed by atoms with Crippen molar-refractivity contribution in [3.05, 3.63) is 98.8 Å². The summed E-state index contributed by atoms with van der Waals surface area (Å²) in [4.78, 5) is 52.2. The highest BCUT2D eigenvalue weighted by atomic mass is 31.2. The SMILES string of the molecule is CCCCCCCC(=O)NCC#Cc1cn([C@H]2C[C@H](O)[C@@H](COP(=O)(N[C@@H](C)C(=O)OCc3ccccc3)Oc3ccccc3)O2)c(=O)[nH]c1=O. The third-order valence-electron chi connectivity index (χ3n) is 7.89. The highest BCUT2D eigenvalue weighted by Crippen LogP contribution is 2.46. The van der Waals surface area contributed by atoms with Crippen LogP contribution in [0.1, 0.15) is 76.1 Å². The number of unbranched alkanes of at least 4 members (excludes halogenated alkanes) is 4. The summed E-state index contributed by atoms with van der Waals surface area (Å²) in [5, 5.41) is 16.1. The molecular weight excluding hydrogens is 679 g/mol. The molecule has 0 saturated carbocycles. The summed E-state index contributed by atoms with van der Waals surface area (Å²) in [7, 11) is -4.28. The van der Waals surface area contributed by atoms with Gasteiger partial charge in [0.2, 0.25) is 5.91 Å². The number of amides is 1. The van der Waals surface area contributed by atoms with Gasteiger partial charge >= 0.3 is 19.4 Å². The molecule has 1 fully saturated rings. The van der Waals surface area contributed by atoms with E-state index in [2.05, 4.69) is 34.2 Å². The van der Waals surface area contributed by atoms with Gasteiger partial charge in [0.15, 0.2) is 0 Å². The van der Waals surface area contributed by atoms with Crippen molar-refractivity contribution in [3.8, 4) is 17.6 Å². The Labute approximate surface area is 296 Å². The Morgan fingerprint density at radius 1 is 1.08 bits per heavy atom. The minimum atomic E-state index is -4.28. The molecule has 14 nitrogen and oxygen atoms in total. The largest absolute Gasteiger partial charge is 0.460 e. The Bertz CT molecular complexity index is 1810. The van der Waals surface area contributed by atoms with E-state index in [1.807, 2.05) is 18.2 Å². The number of carbonyl (C=O) groups excluding carboxylic acids is 2. The maximum absolute atomic E-state index is 13.9. The molecule has 4 rings (SSSR count). The van der Waals surface area contributed by atoms with Crippen molar-refractivity contribution in [2.75, 3.05) is 13.2 Å². The summed E-state index contributed by atoms with van der Waals surface area (Å²) in [6.45, 7) is 3.14. The van der Waals surface area contributed by atoms with Crippen LogP contribution in [-0.2, 0) is 34.8 Å². The Kier molecular flexibility index (Phi) is 15.2. The van der Waals surface area contributed by atoms with Gasteiger partial charge in [-0.2, -0.15) is 5.09 Å². The van der Waals surface area contributed by atoms with Gasteiger partial charge in [0.25, 0.3) is 5.56 Å². The molecule has 0 spiro atoms. The van der Waals surface area contributed by atoms with Crippen LogP contribution in [0.3, 0.4) is 0 Å². The number of H-pyrrole nitrogens is 1. The summed E-state index contributed by atoms with van der Waals surface area (Å²) < 4.78 is 37.7. The molecule has 3 aromatic rings. The van der Waals surface area contributed by atoms with Crippen LogP contribution in [0.25, 0.3) is 0 Å². The average Bonchev–Trinajstić information content (AvgIpc) is 3.49. The first-order valence-corrected chi connectivity index (χ1v) is 18.5. The van der Waals surface area contributed by atoms with Gasteiger partial charge in [-0.05, 0) is 31.0 Å². The van der Waals surface area contributed by atoms with Gasteiger partial charge in [-0.3, -0.25) is 28.5 Å². The normalized spacial score (nSPS) is 18.5. The number of nitrogens with one attached hydrogen (secondary N) is 3. The number of hydrogen-bond acceptors (Lipinski definition) is 10. The molecule has 2 aromatic carbocycles. The fourth-order valence-electron chi connectivity index (χ4n) is 5.11. The second kappa shape index (κ2) is 19.8. The lowest BCUT2D eigenvalue weighted by Crippen LogP contribution is -2.36. The van der Waals surface area contributed by atoms with Gasteiger partial charge in [0, 0.05) is 19.0 Å². The third kappa shape index (κ3) is 12.6. The van der Waals surface area contributed by atoms with Crippen LogP contribution in [0.4, 0.5) is 0 Å². The Balaban J connectivity index is 1.37. The van der Waals surface area contributed by atoms with E-state index in [4.69, 9.17) is 18.5 Å². The third-order valence-corrected chi connectivity index (χ3v) is 9.54. The second-order valence-electron chi connectivity index (χ2n) is 12.0. The molecule has 1 unspecified atom stereocenters. The van der Waals surface area contributed by atoms with Crippen LogP contribution in [0.15, 0.2) is 76.4 Å². The van der Waals surface area contributed by atoms with Gasteiger partial charge in [-0.25, -0.2) is 9.36 Å². The number of nitrogens with zero attached hydrogens (tertiary/aromatic N) is 1. The number of aromatic amines is 1. The Morgan fingerprint density at radius 3 is 2.51 bits per heavy atom. The summed E-state index contributed by atoms with van der Waals surface area (Å²) in [6, 6.07) is 16.1. The summed E-state index contributed by atoms with van der Waals surface area (Å²) in [6.07, 6.45) is 3.41. The first-order valence-electron chi connectivity index (χ1n) is 17.0. The van der Waals surface area contributed by atoms with E-state index < -0.39 is 56.0 Å². The smallest absolute Gasteiger partial charge is 0.459 e. The van der Waals surface area contributed by atoms with Gasteiger partial charge < -0.3 is 24.4 Å². The van der Waals surface area contributed by atoms with Crippen molar-refractivity contribution in [1.82, 2.24) is 20.0 Å². The molecule has 15 heteroatoms. The fraction of sp³-hybridized carbons (Fsp3) is 0.444. The van der Waals surface area contributed by atoms with Crippen molar-refractivity contribution in [1.29, 1.82) is 0 Å². The molecule has 0 aliphatic carbocycles. The quantitative estimate of drug-likeness (QED) is 0.0644. The Morgan fingerprint density at radius 2 is 1.78 bits per heavy atom. The van der Waals surface area contributed by atoms with Crippen molar-refractivity contribution in [2.24, 2.45) is 0 Å². The predicted molar refractivity (Wildman–Crippen MR) is 189 cm³/mol. The molecule has 1 amide bonds. The van der Waals surface area contributed by atoms with Crippen LogP contribution in [-0.4, -0.2) is 57.9 Å². The highest BCUT2D eigenvalue weighted by molar-refractivity contribution is 7.52. The number of esters is 1. The van der Waals surface area contributed by atoms with Gasteiger partial charge in [0.1, 0.15) is 36.3 Å². The van der Waals surface area contributed by atoms with Crippen molar-refractivity contribution < 1.29 is 37.8 Å². The lowest BCUT2D eigenvalue weighted by atomic mass is 10.1. The van der Waals surface area contributed by atoms with E-state index in [0.717, 1.165) is 42.2 Å². The molecule has 5 atom stereocenters. The van der Waals surface area contributed by atoms with E-state index in [-0.39, 0.29) is 36.8 Å². The number of rotatable bonds is 18. The topological polar surface area (TPSA) is 187 Å². The van der Waals surface area contributed by atoms with E-state index in [1.165, 1.54) is 13.1 Å². The summed E-state index contributed by atoms with van der Waals surface area (Å²) >= 11 is 0. The number of benzene rings is 2. The van der Waals surface area contributed by atoms with Gasteiger partial charge in [-0.15, -0.1) is 0 Å². The van der Waals surface area contributed by atoms with Crippen molar-refractivity contribution >= 4 is 19.6 Å². The molecule has 274 valence electrons. The number of aliphatic hydroxyl groups excluding tert-OH is 1. The average molecular weight is 725 g/mol. The fourth-order valence-corrected chi connectivity index (χ4v) is 6.61. The van der Waals surface area contributed by atoms with Gasteiger partial charge in [-0.1, -0.05) is 93.0 Å². The number of carbonyl (C=O) groups is 2.